The summed E-state index contributed by atoms with van der Waals surface area (Å²) in [6.45, 7) is 0. The summed E-state index contributed by atoms with van der Waals surface area (Å²) in [5, 5.41) is 4.76. The zero-order valence-electron chi connectivity index (χ0n) is 12.1. The number of nitrogens with zero attached hydrogens (tertiary/aromatic N) is 3. The highest BCUT2D eigenvalue weighted by atomic mass is 32.2. The Balaban J connectivity index is 2.22. The molecule has 124 valence electrons. The summed E-state index contributed by atoms with van der Waals surface area (Å²) < 4.78 is 30.5. The van der Waals surface area contributed by atoms with Crippen LogP contribution in [-0.2, 0) is 16.9 Å². The summed E-state index contributed by atoms with van der Waals surface area (Å²) in [7, 11) is -1.14. The first kappa shape index (κ1) is 17.1. The van der Waals surface area contributed by atoms with E-state index in [0.717, 1.165) is 0 Å². The fourth-order valence-electron chi connectivity index (χ4n) is 1.71. The molecule has 0 bridgehead atoms. The van der Waals surface area contributed by atoms with Crippen LogP contribution in [0.5, 0.6) is 0 Å². The van der Waals surface area contributed by atoms with E-state index in [1.54, 1.807) is 17.5 Å². The number of likely N-dealkylation sites (N-methyl/N-ethyl adjacent to an activating group) is 1. The predicted molar refractivity (Wildman–Crippen MR) is 86.3 cm³/mol. The van der Waals surface area contributed by atoms with Crippen molar-refractivity contribution in [3.8, 4) is 11.5 Å². The maximum absolute atomic E-state index is 10.7. The number of nitrogens with one attached hydrogen (secondary N) is 1. The second-order valence-electron chi connectivity index (χ2n) is 4.48. The summed E-state index contributed by atoms with van der Waals surface area (Å²) >= 11 is 1.25. The van der Waals surface area contributed by atoms with Crippen molar-refractivity contribution in [1.82, 2.24) is 10.3 Å². The van der Waals surface area contributed by atoms with Crippen LogP contribution in [-0.4, -0.2) is 32.2 Å². The maximum atomic E-state index is 10.7. The number of nitrogens with two attached hydrogens (primary N) is 3. The Morgan fingerprint density at radius 3 is 2.83 bits per heavy atom. The summed E-state index contributed by atoms with van der Waals surface area (Å²) in [5.41, 5.74) is 17.0. The van der Waals surface area contributed by atoms with Crippen molar-refractivity contribution in [1.29, 1.82) is 0 Å². The lowest BCUT2D eigenvalue weighted by atomic mass is 10.2. The summed E-state index contributed by atoms with van der Waals surface area (Å²) in [6.07, 6.45) is 0.0440. The Morgan fingerprint density at radius 2 is 2.22 bits per heavy atom. The maximum Gasteiger partial charge on any atom is 0.314 e. The predicted octanol–water partition coefficient (Wildman–Crippen LogP) is -0.255. The first-order valence-corrected chi connectivity index (χ1v) is 8.17. The number of aliphatic imine (C=N–C) groups is 1. The fourth-order valence-corrected chi connectivity index (χ4v) is 2.83. The van der Waals surface area contributed by atoms with Gasteiger partial charge in [0.25, 0.3) is 0 Å². The van der Waals surface area contributed by atoms with Gasteiger partial charge in [0.15, 0.2) is 17.5 Å². The molecule has 7 N–H and O–H groups in total. The first-order valence-electron chi connectivity index (χ1n) is 6.25. The zero-order chi connectivity index (χ0) is 17.0. The van der Waals surface area contributed by atoms with Crippen LogP contribution in [0.25, 0.3) is 11.5 Å². The average molecular weight is 357 g/mol. The number of hydrogen-bond donors (Lipinski definition) is 4. The van der Waals surface area contributed by atoms with Gasteiger partial charge < -0.3 is 15.9 Å². The van der Waals surface area contributed by atoms with Crippen molar-refractivity contribution < 1.29 is 12.8 Å². The van der Waals surface area contributed by atoms with Crippen LogP contribution in [0.4, 0.5) is 5.13 Å². The first-order chi connectivity index (χ1) is 10.8. The van der Waals surface area contributed by atoms with Crippen molar-refractivity contribution in [2.75, 3.05) is 7.05 Å². The topological polar surface area (TPSA) is 175 Å². The van der Waals surface area contributed by atoms with Gasteiger partial charge >= 0.3 is 10.5 Å². The van der Waals surface area contributed by atoms with Crippen molar-refractivity contribution >= 4 is 32.9 Å². The Kier molecular flexibility index (Phi) is 5.10. The van der Waals surface area contributed by atoms with Gasteiger partial charge in [0.05, 0.1) is 6.42 Å². The summed E-state index contributed by atoms with van der Waals surface area (Å²) in [4.78, 5) is 8.05. The van der Waals surface area contributed by atoms with Gasteiger partial charge in [0.1, 0.15) is 11.5 Å². The molecule has 0 radical (unpaired) electrons. The third kappa shape index (κ3) is 4.59. The number of thiazole rings is 1. The largest absolute Gasteiger partial charge is 0.459 e. The highest BCUT2D eigenvalue weighted by Crippen LogP contribution is 2.28. The molecule has 10 nitrogen and oxygen atoms in total. The molecule has 0 amide bonds. The number of aromatic nitrogens is 1. The van der Waals surface area contributed by atoms with Crippen LogP contribution in [0.3, 0.4) is 0 Å². The molecule has 23 heavy (non-hydrogen) atoms. The van der Waals surface area contributed by atoms with Gasteiger partial charge in [-0.25, -0.2) is 4.98 Å². The van der Waals surface area contributed by atoms with Gasteiger partial charge in [-0.05, 0) is 19.2 Å². The molecule has 0 saturated carbocycles. The molecule has 2 heterocycles. The van der Waals surface area contributed by atoms with E-state index < -0.39 is 16.3 Å². The molecule has 0 aliphatic rings. The molecule has 12 heteroatoms. The SMILES string of the molecule is CNC(N)(Cc1ccc(-c2csc(N=C(N)N)n2)o1)N=S(=O)=O. The molecule has 2 aromatic rings. The lowest BCUT2D eigenvalue weighted by Crippen LogP contribution is -2.51. The molecule has 2 rings (SSSR count). The fraction of sp³-hybridized carbons (Fsp3) is 0.273. The third-order valence-corrected chi connectivity index (χ3v) is 3.95. The van der Waals surface area contributed by atoms with E-state index in [9.17, 15) is 8.42 Å². The highest BCUT2D eigenvalue weighted by Gasteiger charge is 2.25. The minimum atomic E-state index is -2.64. The molecule has 0 saturated heterocycles. The Bertz CT molecular complexity index is 843. The van der Waals surface area contributed by atoms with Crippen LogP contribution in [0.2, 0.25) is 0 Å². The molecule has 0 aliphatic heterocycles. The van der Waals surface area contributed by atoms with Gasteiger partial charge in [-0.2, -0.15) is 13.4 Å². The van der Waals surface area contributed by atoms with E-state index in [1.165, 1.54) is 18.4 Å². The monoisotopic (exact) mass is 357 g/mol. The molecule has 1 atom stereocenters. The van der Waals surface area contributed by atoms with Crippen molar-refractivity contribution in [2.24, 2.45) is 26.6 Å². The molecule has 0 spiro atoms. The van der Waals surface area contributed by atoms with Crippen molar-refractivity contribution in [2.45, 2.75) is 12.2 Å². The molecule has 1 unspecified atom stereocenters. The van der Waals surface area contributed by atoms with Crippen LogP contribution in [0.1, 0.15) is 5.76 Å². The standard InChI is InChI=1S/C11H15N7O3S2/c1-15-11(14,18-23(19)20)4-6-2-3-8(21-6)7-5-22-10(16-7)17-9(12)13/h2-3,5,15H,4,14H2,1H3,(H4,12,13,16,17). The third-order valence-electron chi connectivity index (χ3n) is 2.74. The Hall–Kier alpha value is -2.28. The minimum absolute atomic E-state index is 0.0440. The summed E-state index contributed by atoms with van der Waals surface area (Å²) in [5.74, 6) is -0.634. The minimum Gasteiger partial charge on any atom is -0.459 e. The lowest BCUT2D eigenvalue weighted by Gasteiger charge is -2.20. The van der Waals surface area contributed by atoms with Gasteiger partial charge in [0, 0.05) is 5.38 Å². The van der Waals surface area contributed by atoms with E-state index in [0.29, 0.717) is 22.3 Å². The Morgan fingerprint density at radius 1 is 1.48 bits per heavy atom. The molecular formula is C11H15N7O3S2. The smallest absolute Gasteiger partial charge is 0.314 e. The zero-order valence-corrected chi connectivity index (χ0v) is 13.7. The molecule has 0 aromatic carbocycles. The van der Waals surface area contributed by atoms with Crippen LogP contribution < -0.4 is 22.5 Å². The second-order valence-corrected chi connectivity index (χ2v) is 5.93. The summed E-state index contributed by atoms with van der Waals surface area (Å²) in [6, 6.07) is 3.35. The van der Waals surface area contributed by atoms with Crippen LogP contribution in [0, 0.1) is 0 Å². The van der Waals surface area contributed by atoms with E-state index in [-0.39, 0.29) is 12.4 Å². The lowest BCUT2D eigenvalue weighted by molar-refractivity contribution is 0.348. The molecule has 2 aromatic heterocycles. The highest BCUT2D eigenvalue weighted by molar-refractivity contribution is 7.61. The van der Waals surface area contributed by atoms with Crippen molar-refractivity contribution in [3.05, 3.63) is 23.3 Å². The second kappa shape index (κ2) is 6.87. The molecule has 0 aliphatic carbocycles. The quantitative estimate of drug-likeness (QED) is 0.310. The van der Waals surface area contributed by atoms with Crippen molar-refractivity contribution in [3.63, 3.8) is 0 Å². The van der Waals surface area contributed by atoms with Crippen LogP contribution in [0.15, 0.2) is 31.3 Å². The van der Waals surface area contributed by atoms with Gasteiger partial charge in [0.2, 0.25) is 5.13 Å². The van der Waals surface area contributed by atoms with Gasteiger partial charge in [-0.3, -0.25) is 11.1 Å². The van der Waals surface area contributed by atoms with E-state index in [1.807, 2.05) is 0 Å². The van der Waals surface area contributed by atoms with Gasteiger partial charge in [-0.1, -0.05) is 0 Å². The number of rotatable bonds is 6. The number of guanidine groups is 1. The normalized spacial score (nSPS) is 13.3. The average Bonchev–Trinajstić information content (AvgIpc) is 3.06. The molecular weight excluding hydrogens is 342 g/mol. The van der Waals surface area contributed by atoms with E-state index in [2.05, 4.69) is 19.7 Å². The van der Waals surface area contributed by atoms with Gasteiger partial charge in [-0.15, -0.1) is 15.7 Å². The van der Waals surface area contributed by atoms with E-state index >= 15 is 0 Å². The number of furan rings is 1. The number of hydrogen-bond acceptors (Lipinski definition) is 9. The van der Waals surface area contributed by atoms with Crippen LogP contribution >= 0.6 is 11.3 Å². The Labute approximate surface area is 137 Å². The molecule has 0 fully saturated rings. The van der Waals surface area contributed by atoms with E-state index in [4.69, 9.17) is 21.6 Å².